The van der Waals surface area contributed by atoms with Crippen LogP contribution < -0.4 is 5.32 Å². The van der Waals surface area contributed by atoms with Crippen LogP contribution >= 0.6 is 0 Å². The minimum absolute atomic E-state index is 0.371. The van der Waals surface area contributed by atoms with Gasteiger partial charge >= 0.3 is 0 Å². The molecule has 0 aromatic rings. The van der Waals surface area contributed by atoms with Crippen LogP contribution in [0.2, 0.25) is 0 Å². The molecule has 1 saturated heterocycles. The predicted octanol–water partition coefficient (Wildman–Crippen LogP) is 2.07. The normalized spacial score (nSPS) is 33.4. The highest BCUT2D eigenvalue weighted by atomic mass is 16.3. The summed E-state index contributed by atoms with van der Waals surface area (Å²) in [7, 11) is 0. The molecule has 14 heavy (non-hydrogen) atoms. The summed E-state index contributed by atoms with van der Waals surface area (Å²) in [5.41, 5.74) is -0.410. The Hall–Kier alpha value is -0.0800. The van der Waals surface area contributed by atoms with Gasteiger partial charge in [-0.15, -0.1) is 0 Å². The van der Waals surface area contributed by atoms with Gasteiger partial charge in [-0.05, 0) is 44.6 Å². The lowest BCUT2D eigenvalue weighted by Gasteiger charge is -2.38. The Morgan fingerprint density at radius 1 is 1.21 bits per heavy atom. The number of rotatable bonds is 3. The first-order chi connectivity index (χ1) is 6.77. The summed E-state index contributed by atoms with van der Waals surface area (Å²) in [4.78, 5) is 0. The van der Waals surface area contributed by atoms with Gasteiger partial charge in [0.1, 0.15) is 0 Å². The van der Waals surface area contributed by atoms with E-state index in [0.717, 1.165) is 13.0 Å². The number of nitrogens with one attached hydrogen (secondary N) is 1. The maximum atomic E-state index is 10.8. The van der Waals surface area contributed by atoms with Crippen molar-refractivity contribution >= 4 is 0 Å². The average Bonchev–Trinajstić information content (AvgIpc) is 2.88. The fourth-order valence-electron chi connectivity index (χ4n) is 3.36. The van der Waals surface area contributed by atoms with E-state index in [1.54, 1.807) is 0 Å². The van der Waals surface area contributed by atoms with Crippen molar-refractivity contribution in [1.82, 2.24) is 5.32 Å². The Bertz CT molecular complexity index is 165. The fourth-order valence-corrected chi connectivity index (χ4v) is 3.36. The highest BCUT2D eigenvalue weighted by Gasteiger charge is 2.43. The van der Waals surface area contributed by atoms with Gasteiger partial charge in [-0.3, -0.25) is 0 Å². The second kappa shape index (κ2) is 4.19. The van der Waals surface area contributed by atoms with Crippen LogP contribution in [0.4, 0.5) is 0 Å². The van der Waals surface area contributed by atoms with Crippen LogP contribution in [-0.2, 0) is 0 Å². The molecular weight excluding hydrogens is 174 g/mol. The molecule has 1 saturated carbocycles. The van der Waals surface area contributed by atoms with E-state index in [-0.39, 0.29) is 0 Å². The number of hydrogen-bond acceptors (Lipinski definition) is 2. The zero-order chi connectivity index (χ0) is 10.0. The minimum atomic E-state index is -0.410. The maximum Gasteiger partial charge on any atom is 0.0825 e. The van der Waals surface area contributed by atoms with E-state index in [2.05, 4.69) is 12.2 Å². The molecule has 1 heterocycles. The van der Waals surface area contributed by atoms with Crippen LogP contribution in [0.15, 0.2) is 0 Å². The molecule has 0 aromatic heterocycles. The molecule has 1 aliphatic heterocycles. The van der Waals surface area contributed by atoms with Crippen LogP contribution in [0.1, 0.15) is 51.9 Å². The first-order valence-electron chi connectivity index (χ1n) is 6.23. The van der Waals surface area contributed by atoms with Crippen LogP contribution in [-0.4, -0.2) is 23.3 Å². The van der Waals surface area contributed by atoms with Gasteiger partial charge in [0, 0.05) is 6.04 Å². The van der Waals surface area contributed by atoms with E-state index in [1.807, 2.05) is 0 Å². The van der Waals surface area contributed by atoms with E-state index in [1.165, 1.54) is 38.5 Å². The third kappa shape index (κ3) is 1.70. The van der Waals surface area contributed by atoms with Gasteiger partial charge in [0.25, 0.3) is 0 Å². The molecule has 0 spiro atoms. The van der Waals surface area contributed by atoms with Crippen molar-refractivity contribution in [2.75, 3.05) is 6.54 Å². The molecule has 0 bridgehead atoms. The monoisotopic (exact) mass is 197 g/mol. The topological polar surface area (TPSA) is 32.3 Å². The molecule has 2 N–H and O–H groups in total. The average molecular weight is 197 g/mol. The molecule has 0 radical (unpaired) electrons. The third-order valence-electron chi connectivity index (χ3n) is 4.29. The van der Waals surface area contributed by atoms with Gasteiger partial charge in [0.2, 0.25) is 0 Å². The SMILES string of the molecule is CCC(O)(C1CCCC1)C1CCCN1. The highest BCUT2D eigenvalue weighted by molar-refractivity contribution is 4.99. The van der Waals surface area contributed by atoms with Crippen molar-refractivity contribution in [2.24, 2.45) is 5.92 Å². The van der Waals surface area contributed by atoms with E-state index in [9.17, 15) is 5.11 Å². The zero-order valence-corrected chi connectivity index (χ0v) is 9.26. The molecule has 2 aliphatic rings. The van der Waals surface area contributed by atoms with Gasteiger partial charge in [0.15, 0.2) is 0 Å². The Balaban J connectivity index is 2.06. The fraction of sp³-hybridized carbons (Fsp3) is 1.00. The largest absolute Gasteiger partial charge is 0.388 e. The number of aliphatic hydroxyl groups is 1. The van der Waals surface area contributed by atoms with Crippen molar-refractivity contribution in [3.63, 3.8) is 0 Å². The Labute approximate surface area is 87.1 Å². The second-order valence-electron chi connectivity index (χ2n) is 4.98. The molecule has 2 fully saturated rings. The van der Waals surface area contributed by atoms with E-state index in [4.69, 9.17) is 0 Å². The maximum absolute atomic E-state index is 10.8. The molecule has 1 aliphatic carbocycles. The molecule has 2 unspecified atom stereocenters. The smallest absolute Gasteiger partial charge is 0.0825 e. The van der Waals surface area contributed by atoms with Crippen molar-refractivity contribution in [3.8, 4) is 0 Å². The Morgan fingerprint density at radius 2 is 1.93 bits per heavy atom. The lowest BCUT2D eigenvalue weighted by molar-refractivity contribution is -0.0478. The molecule has 2 nitrogen and oxygen atoms in total. The standard InChI is InChI=1S/C12H23NO/c1-2-12(14,10-6-3-4-7-10)11-8-5-9-13-11/h10-11,13-14H,2-9H2,1H3. The zero-order valence-electron chi connectivity index (χ0n) is 9.26. The van der Waals surface area contributed by atoms with Crippen LogP contribution in [0.25, 0.3) is 0 Å². The predicted molar refractivity (Wildman–Crippen MR) is 58.2 cm³/mol. The summed E-state index contributed by atoms with van der Waals surface area (Å²) in [5, 5.41) is 14.2. The summed E-state index contributed by atoms with van der Waals surface area (Å²) in [6, 6.07) is 0.371. The molecule has 0 aromatic carbocycles. The van der Waals surface area contributed by atoms with Gasteiger partial charge in [-0.25, -0.2) is 0 Å². The van der Waals surface area contributed by atoms with Crippen LogP contribution in [0.3, 0.4) is 0 Å². The van der Waals surface area contributed by atoms with Crippen molar-refractivity contribution < 1.29 is 5.11 Å². The second-order valence-corrected chi connectivity index (χ2v) is 4.98. The molecule has 0 amide bonds. The molecular formula is C12H23NO. The third-order valence-corrected chi connectivity index (χ3v) is 4.29. The van der Waals surface area contributed by atoms with Gasteiger partial charge in [0.05, 0.1) is 5.60 Å². The first-order valence-corrected chi connectivity index (χ1v) is 6.23. The van der Waals surface area contributed by atoms with Gasteiger partial charge < -0.3 is 10.4 Å². The summed E-state index contributed by atoms with van der Waals surface area (Å²) in [6.07, 6.45) is 8.43. The van der Waals surface area contributed by atoms with E-state index in [0.29, 0.717) is 12.0 Å². The quantitative estimate of drug-likeness (QED) is 0.726. The van der Waals surface area contributed by atoms with Gasteiger partial charge in [-0.2, -0.15) is 0 Å². The molecule has 2 atom stereocenters. The first kappa shape index (κ1) is 10.4. The lowest BCUT2D eigenvalue weighted by Crippen LogP contribution is -2.52. The van der Waals surface area contributed by atoms with Crippen LogP contribution in [0, 0.1) is 5.92 Å². The Morgan fingerprint density at radius 3 is 2.43 bits per heavy atom. The number of hydrogen-bond donors (Lipinski definition) is 2. The molecule has 2 rings (SSSR count). The van der Waals surface area contributed by atoms with Crippen molar-refractivity contribution in [1.29, 1.82) is 0 Å². The summed E-state index contributed by atoms with van der Waals surface area (Å²) < 4.78 is 0. The van der Waals surface area contributed by atoms with Crippen molar-refractivity contribution in [3.05, 3.63) is 0 Å². The summed E-state index contributed by atoms with van der Waals surface area (Å²) in [6.45, 7) is 3.23. The minimum Gasteiger partial charge on any atom is -0.388 e. The van der Waals surface area contributed by atoms with Crippen molar-refractivity contribution in [2.45, 2.75) is 63.5 Å². The van der Waals surface area contributed by atoms with Gasteiger partial charge in [-0.1, -0.05) is 19.8 Å². The molecule has 82 valence electrons. The van der Waals surface area contributed by atoms with Crippen LogP contribution in [0.5, 0.6) is 0 Å². The summed E-state index contributed by atoms with van der Waals surface area (Å²) >= 11 is 0. The Kier molecular flexibility index (Phi) is 3.13. The highest BCUT2D eigenvalue weighted by Crippen LogP contribution is 2.39. The molecule has 2 heteroatoms. The summed E-state index contributed by atoms with van der Waals surface area (Å²) in [5.74, 6) is 0.558. The van der Waals surface area contributed by atoms with E-state index < -0.39 is 5.60 Å². The van der Waals surface area contributed by atoms with E-state index >= 15 is 0 Å². The lowest BCUT2D eigenvalue weighted by atomic mass is 9.77.